The highest BCUT2D eigenvalue weighted by atomic mass is 16.1. The normalized spacial score (nSPS) is 20.7. The molecule has 2 N–H and O–H groups in total. The van der Waals surface area contributed by atoms with E-state index in [2.05, 4.69) is 23.6 Å². The summed E-state index contributed by atoms with van der Waals surface area (Å²) in [6, 6.07) is 6.11. The Morgan fingerprint density at radius 1 is 1.33 bits per heavy atom. The topological polar surface area (TPSA) is 41.1 Å². The summed E-state index contributed by atoms with van der Waals surface area (Å²) in [6.45, 7) is 4.05. The lowest BCUT2D eigenvalue weighted by molar-refractivity contribution is 0.0850. The molecule has 3 rings (SSSR count). The average Bonchev–Trinajstić information content (AvgIpc) is 2.36. The molecule has 1 aliphatic heterocycles. The Morgan fingerprint density at radius 2 is 2.17 bits per heavy atom. The van der Waals surface area contributed by atoms with E-state index in [-0.39, 0.29) is 11.4 Å². The Morgan fingerprint density at radius 3 is 2.89 bits per heavy atom. The van der Waals surface area contributed by atoms with Crippen molar-refractivity contribution in [3.05, 3.63) is 34.9 Å². The number of fused-ring (bicyclic) bond motifs is 1. The second kappa shape index (κ2) is 4.39. The molecular formula is C15H20N2O. The predicted octanol–water partition coefficient (Wildman–Crippen LogP) is 2.00. The molecule has 0 saturated heterocycles. The lowest BCUT2D eigenvalue weighted by Crippen LogP contribution is -2.50. The average molecular weight is 244 g/mol. The third kappa shape index (κ3) is 2.15. The molecular weight excluding hydrogens is 224 g/mol. The van der Waals surface area contributed by atoms with Gasteiger partial charge in [-0.05, 0) is 62.4 Å². The lowest BCUT2D eigenvalue weighted by atomic mass is 9.78. The van der Waals surface area contributed by atoms with Gasteiger partial charge in [0, 0.05) is 17.6 Å². The van der Waals surface area contributed by atoms with Gasteiger partial charge in [-0.2, -0.15) is 0 Å². The van der Waals surface area contributed by atoms with Gasteiger partial charge in [0.05, 0.1) is 0 Å². The zero-order valence-corrected chi connectivity index (χ0v) is 10.9. The predicted molar refractivity (Wildman–Crippen MR) is 71.6 cm³/mol. The van der Waals surface area contributed by atoms with E-state index in [4.69, 9.17) is 0 Å². The minimum atomic E-state index is 0.0330. The molecule has 1 aromatic carbocycles. The fraction of sp³-hybridized carbons (Fsp3) is 0.533. The third-order valence-corrected chi connectivity index (χ3v) is 4.23. The van der Waals surface area contributed by atoms with Gasteiger partial charge in [0.25, 0.3) is 5.91 Å². The minimum Gasteiger partial charge on any atom is -0.347 e. The Bertz CT molecular complexity index is 477. The number of nitrogens with one attached hydrogen (secondary N) is 2. The van der Waals surface area contributed by atoms with Crippen molar-refractivity contribution in [3.8, 4) is 0 Å². The van der Waals surface area contributed by atoms with Crippen LogP contribution >= 0.6 is 0 Å². The highest BCUT2D eigenvalue weighted by Crippen LogP contribution is 2.31. The van der Waals surface area contributed by atoms with Crippen molar-refractivity contribution < 1.29 is 4.79 Å². The van der Waals surface area contributed by atoms with Crippen molar-refractivity contribution in [2.75, 3.05) is 6.54 Å². The molecule has 1 heterocycles. The van der Waals surface area contributed by atoms with Crippen molar-refractivity contribution in [2.45, 2.75) is 44.7 Å². The molecule has 0 aromatic heterocycles. The smallest absolute Gasteiger partial charge is 0.251 e. The SMILES string of the molecule is CC1(NC(=O)c2ccc3c(c2)CNCC3)CCC1. The molecule has 2 aliphatic rings. The quantitative estimate of drug-likeness (QED) is 0.835. The van der Waals surface area contributed by atoms with Gasteiger partial charge in [-0.15, -0.1) is 0 Å². The molecule has 1 aliphatic carbocycles. The first-order valence-electron chi connectivity index (χ1n) is 6.81. The summed E-state index contributed by atoms with van der Waals surface area (Å²) in [5.41, 5.74) is 3.48. The fourth-order valence-electron chi connectivity index (χ4n) is 2.80. The van der Waals surface area contributed by atoms with Crippen molar-refractivity contribution in [1.82, 2.24) is 10.6 Å². The van der Waals surface area contributed by atoms with Crippen LogP contribution in [-0.2, 0) is 13.0 Å². The van der Waals surface area contributed by atoms with Crippen LogP contribution in [-0.4, -0.2) is 18.0 Å². The van der Waals surface area contributed by atoms with Crippen LogP contribution in [0.15, 0.2) is 18.2 Å². The highest BCUT2D eigenvalue weighted by Gasteiger charge is 2.33. The van der Waals surface area contributed by atoms with E-state index in [0.717, 1.165) is 37.9 Å². The minimum absolute atomic E-state index is 0.0330. The van der Waals surface area contributed by atoms with Gasteiger partial charge in [-0.3, -0.25) is 4.79 Å². The molecule has 1 fully saturated rings. The zero-order chi connectivity index (χ0) is 12.6. The first kappa shape index (κ1) is 11.7. The van der Waals surface area contributed by atoms with E-state index < -0.39 is 0 Å². The Labute approximate surface area is 108 Å². The zero-order valence-electron chi connectivity index (χ0n) is 10.9. The van der Waals surface area contributed by atoms with E-state index in [1.807, 2.05) is 12.1 Å². The van der Waals surface area contributed by atoms with Crippen LogP contribution < -0.4 is 10.6 Å². The second-order valence-electron chi connectivity index (χ2n) is 5.78. The van der Waals surface area contributed by atoms with Gasteiger partial charge in [0.15, 0.2) is 0 Å². The van der Waals surface area contributed by atoms with Crippen LogP contribution in [0.3, 0.4) is 0 Å². The molecule has 18 heavy (non-hydrogen) atoms. The fourth-order valence-corrected chi connectivity index (χ4v) is 2.80. The van der Waals surface area contributed by atoms with Gasteiger partial charge in [0.1, 0.15) is 0 Å². The van der Waals surface area contributed by atoms with Crippen LogP contribution in [0, 0.1) is 0 Å². The molecule has 1 saturated carbocycles. The van der Waals surface area contributed by atoms with E-state index in [9.17, 15) is 4.79 Å². The van der Waals surface area contributed by atoms with Crippen LogP contribution in [0.2, 0.25) is 0 Å². The number of hydrogen-bond acceptors (Lipinski definition) is 2. The Kier molecular flexibility index (Phi) is 2.86. The Balaban J connectivity index is 1.77. The van der Waals surface area contributed by atoms with Gasteiger partial charge < -0.3 is 10.6 Å². The first-order valence-corrected chi connectivity index (χ1v) is 6.81. The summed E-state index contributed by atoms with van der Waals surface area (Å²) in [7, 11) is 0. The van der Waals surface area contributed by atoms with Crippen LogP contribution in [0.4, 0.5) is 0 Å². The standard InChI is InChI=1S/C15H20N2O/c1-15(6-2-7-15)17-14(18)12-4-3-11-5-8-16-10-13(11)9-12/h3-4,9,16H,2,5-8,10H2,1H3,(H,17,18). The lowest BCUT2D eigenvalue weighted by Gasteiger charge is -2.39. The maximum Gasteiger partial charge on any atom is 0.251 e. The van der Waals surface area contributed by atoms with Gasteiger partial charge in [-0.1, -0.05) is 6.07 Å². The summed E-state index contributed by atoms with van der Waals surface area (Å²) in [5, 5.41) is 6.50. The van der Waals surface area contributed by atoms with Gasteiger partial charge in [-0.25, -0.2) is 0 Å². The second-order valence-corrected chi connectivity index (χ2v) is 5.78. The van der Waals surface area contributed by atoms with Crippen molar-refractivity contribution >= 4 is 5.91 Å². The molecule has 3 nitrogen and oxygen atoms in total. The number of rotatable bonds is 2. The number of carbonyl (C=O) groups excluding carboxylic acids is 1. The third-order valence-electron chi connectivity index (χ3n) is 4.23. The van der Waals surface area contributed by atoms with Crippen molar-refractivity contribution in [3.63, 3.8) is 0 Å². The van der Waals surface area contributed by atoms with Gasteiger partial charge >= 0.3 is 0 Å². The number of carbonyl (C=O) groups is 1. The number of benzene rings is 1. The highest BCUT2D eigenvalue weighted by molar-refractivity contribution is 5.95. The molecule has 3 heteroatoms. The molecule has 0 spiro atoms. The molecule has 0 radical (unpaired) electrons. The molecule has 1 aromatic rings. The largest absolute Gasteiger partial charge is 0.347 e. The number of hydrogen-bond donors (Lipinski definition) is 2. The van der Waals surface area contributed by atoms with Gasteiger partial charge in [0.2, 0.25) is 0 Å². The molecule has 0 bridgehead atoms. The van der Waals surface area contributed by atoms with Crippen molar-refractivity contribution in [2.24, 2.45) is 0 Å². The maximum absolute atomic E-state index is 12.2. The van der Waals surface area contributed by atoms with E-state index in [0.29, 0.717) is 0 Å². The summed E-state index contributed by atoms with van der Waals surface area (Å²) < 4.78 is 0. The van der Waals surface area contributed by atoms with Crippen LogP contribution in [0.5, 0.6) is 0 Å². The molecule has 1 amide bonds. The first-order chi connectivity index (χ1) is 8.66. The molecule has 0 atom stereocenters. The molecule has 96 valence electrons. The number of amides is 1. The summed E-state index contributed by atoms with van der Waals surface area (Å²) in [5.74, 6) is 0.0746. The van der Waals surface area contributed by atoms with E-state index in [1.165, 1.54) is 17.5 Å². The molecule has 0 unspecified atom stereocenters. The van der Waals surface area contributed by atoms with Crippen molar-refractivity contribution in [1.29, 1.82) is 0 Å². The van der Waals surface area contributed by atoms with E-state index >= 15 is 0 Å². The monoisotopic (exact) mass is 244 g/mol. The summed E-state index contributed by atoms with van der Waals surface area (Å²) in [4.78, 5) is 12.2. The summed E-state index contributed by atoms with van der Waals surface area (Å²) in [6.07, 6.45) is 4.50. The van der Waals surface area contributed by atoms with Crippen LogP contribution in [0.1, 0.15) is 47.7 Å². The van der Waals surface area contributed by atoms with Crippen LogP contribution in [0.25, 0.3) is 0 Å². The maximum atomic E-state index is 12.2. The summed E-state index contributed by atoms with van der Waals surface area (Å²) >= 11 is 0. The van der Waals surface area contributed by atoms with E-state index in [1.54, 1.807) is 0 Å². The Hall–Kier alpha value is -1.35.